The van der Waals surface area contributed by atoms with E-state index in [1.807, 2.05) is 0 Å². The number of carbonyl (C=O) groups is 2. The fourth-order valence-electron chi connectivity index (χ4n) is 5.87. The number of carbonyl (C=O) groups excluding carboxylic acids is 2. The van der Waals surface area contributed by atoms with Crippen LogP contribution in [-0.2, 0) is 27.9 Å². The zero-order valence-corrected chi connectivity index (χ0v) is 28.7. The normalized spacial score (nSPS) is 24.9. The summed E-state index contributed by atoms with van der Waals surface area (Å²) in [5, 5.41) is 1.91. The molecule has 2 fully saturated rings. The van der Waals surface area contributed by atoms with Gasteiger partial charge in [-0.3, -0.25) is 9.36 Å². The molecule has 0 bridgehead atoms. The fourth-order valence-corrected chi connectivity index (χ4v) is 11.6. The highest BCUT2D eigenvalue weighted by Crippen LogP contribution is 2.56. The summed E-state index contributed by atoms with van der Waals surface area (Å²) >= 11 is 0.931. The molecular weight excluding hydrogens is 594 g/mol. The molecule has 0 unspecified atom stereocenters. The molecule has 43 heavy (non-hydrogen) atoms. The highest BCUT2D eigenvalue weighted by molar-refractivity contribution is 7.16. The Morgan fingerprint density at radius 3 is 2.33 bits per heavy atom. The van der Waals surface area contributed by atoms with Gasteiger partial charge in [-0.1, -0.05) is 66.7 Å². The van der Waals surface area contributed by atoms with Crippen molar-refractivity contribution < 1.29 is 32.7 Å². The largest absolute Gasteiger partial charge is 0.453 e. The second-order valence-corrected chi connectivity index (χ2v) is 20.2. The van der Waals surface area contributed by atoms with Gasteiger partial charge in [0.05, 0.1) is 17.5 Å². The van der Waals surface area contributed by atoms with Gasteiger partial charge in [0.1, 0.15) is 23.9 Å². The van der Waals surface area contributed by atoms with Crippen molar-refractivity contribution in [2.45, 2.75) is 122 Å². The quantitative estimate of drug-likeness (QED) is 0.355. The monoisotopic (exact) mass is 639 g/mol. The first-order valence-electron chi connectivity index (χ1n) is 14.5. The Bertz CT molecular complexity index is 1410. The lowest BCUT2D eigenvalue weighted by Crippen LogP contribution is -2.65. The van der Waals surface area contributed by atoms with Crippen LogP contribution in [0.1, 0.15) is 82.4 Å². The van der Waals surface area contributed by atoms with Crippen molar-refractivity contribution in [2.75, 3.05) is 12.3 Å². The summed E-state index contributed by atoms with van der Waals surface area (Å²) < 4.78 is 33.4. The lowest BCUT2D eigenvalue weighted by Gasteiger charge is -2.53. The number of alkyl carbamates (subject to hydrolysis) is 1. The third-order valence-corrected chi connectivity index (χ3v) is 13.5. The van der Waals surface area contributed by atoms with Crippen molar-refractivity contribution in [2.24, 2.45) is 5.92 Å². The molecule has 4 rings (SSSR count). The summed E-state index contributed by atoms with van der Waals surface area (Å²) in [6.45, 7) is 21.4. The zero-order valence-electron chi connectivity index (χ0n) is 26.8. The van der Waals surface area contributed by atoms with Gasteiger partial charge in [-0.15, -0.1) is 0 Å². The number of esters is 1. The molecule has 0 aliphatic carbocycles. The summed E-state index contributed by atoms with van der Waals surface area (Å²) in [6.07, 6.45) is -2.86. The second kappa shape index (κ2) is 11.4. The molecule has 0 saturated carbocycles. The summed E-state index contributed by atoms with van der Waals surface area (Å²) in [7, 11) is -3.05. The number of fused-ring (bicyclic) bond motifs is 2. The van der Waals surface area contributed by atoms with Gasteiger partial charge >= 0.3 is 25.5 Å². The lowest BCUT2D eigenvalue weighted by atomic mass is 10.0. The molecule has 15 heteroatoms. The fraction of sp³-hybridized carbons (Fsp3) is 0.750. The first-order chi connectivity index (χ1) is 19.6. The van der Waals surface area contributed by atoms with E-state index in [0.717, 1.165) is 11.3 Å². The smallest absolute Gasteiger partial charge is 0.408 e. The molecule has 5 atom stereocenters. The number of ether oxygens (including phenoxy) is 3. The van der Waals surface area contributed by atoms with Crippen molar-refractivity contribution in [1.82, 2.24) is 19.9 Å². The zero-order chi connectivity index (χ0) is 32.3. The number of amides is 1. The summed E-state index contributed by atoms with van der Waals surface area (Å²) in [6, 6.07) is -1.05. The second-order valence-electron chi connectivity index (χ2n) is 14.5. The number of nitrogens with zero attached hydrogens (tertiary/aromatic N) is 3. The van der Waals surface area contributed by atoms with Gasteiger partial charge in [-0.05, 0) is 26.7 Å². The average Bonchev–Trinajstić information content (AvgIpc) is 3.34. The number of nitrogens with two attached hydrogens (primary N) is 1. The predicted molar refractivity (Wildman–Crippen MR) is 164 cm³/mol. The van der Waals surface area contributed by atoms with Crippen LogP contribution in [0.15, 0.2) is 11.0 Å². The maximum atomic E-state index is 13.8. The van der Waals surface area contributed by atoms with Gasteiger partial charge in [-0.2, -0.15) is 4.98 Å². The first-order valence-corrected chi connectivity index (χ1v) is 17.1. The van der Waals surface area contributed by atoms with E-state index in [1.165, 1.54) is 10.8 Å². The Morgan fingerprint density at radius 2 is 1.77 bits per heavy atom. The molecule has 1 amide bonds. The number of hydrogen-bond donors (Lipinski definition) is 2. The minimum absolute atomic E-state index is 0.0177. The van der Waals surface area contributed by atoms with Crippen molar-refractivity contribution in [3.63, 3.8) is 0 Å². The van der Waals surface area contributed by atoms with Crippen LogP contribution < -0.4 is 15.9 Å². The Labute approximate surface area is 257 Å². The molecular formula is C28H45N5O8SSi. The van der Waals surface area contributed by atoms with Crippen LogP contribution in [0.2, 0.25) is 10.1 Å². The van der Waals surface area contributed by atoms with Gasteiger partial charge < -0.3 is 34.1 Å². The lowest BCUT2D eigenvalue weighted by molar-refractivity contribution is -0.162. The van der Waals surface area contributed by atoms with Crippen molar-refractivity contribution in [1.29, 1.82) is 0 Å². The third-order valence-electron chi connectivity index (χ3n) is 7.49. The molecule has 0 spiro atoms. The van der Waals surface area contributed by atoms with Gasteiger partial charge in [0.25, 0.3) is 0 Å². The molecule has 2 aromatic heterocycles. The van der Waals surface area contributed by atoms with Gasteiger partial charge in [0.2, 0.25) is 5.95 Å². The average molecular weight is 640 g/mol. The van der Waals surface area contributed by atoms with Crippen LogP contribution in [0.5, 0.6) is 0 Å². The number of rotatable bonds is 5. The molecule has 3 N–H and O–H groups in total. The van der Waals surface area contributed by atoms with Gasteiger partial charge in [-0.25, -0.2) is 14.6 Å². The van der Waals surface area contributed by atoms with E-state index in [2.05, 4.69) is 56.8 Å². The Balaban J connectivity index is 1.77. The van der Waals surface area contributed by atoms with E-state index < -0.39 is 56.8 Å². The highest BCUT2D eigenvalue weighted by Gasteiger charge is 2.66. The standard InChI is InChI=1S/C28H45N5O8SSi/c1-14(2)17(31-24(35)40-26(3,4)5)22(34)39-19-18-15(13-37-43(41-18,27(6,7)8)28(9,10)11)38-21(19)33-20-16(42-25(33)36)12-30-23(29)32-20/h12,14-15,17-19,21H,13H2,1-11H3,(H,31,35)(H2,29,30,32)/t15-,17+,18+,19-,21-/m1/s1. The van der Waals surface area contributed by atoms with Crippen LogP contribution in [0.3, 0.4) is 0 Å². The minimum atomic E-state index is -3.05. The van der Waals surface area contributed by atoms with Crippen LogP contribution in [0.4, 0.5) is 10.7 Å². The molecule has 2 aliphatic rings. The van der Waals surface area contributed by atoms with Crippen molar-refractivity contribution in [3.05, 3.63) is 15.9 Å². The van der Waals surface area contributed by atoms with Crippen LogP contribution in [0, 0.1) is 5.92 Å². The number of nitrogens with one attached hydrogen (secondary N) is 1. The predicted octanol–water partition coefficient (Wildman–Crippen LogP) is 4.25. The van der Waals surface area contributed by atoms with Gasteiger partial charge in [0.15, 0.2) is 18.0 Å². The molecule has 240 valence electrons. The topological polar surface area (TPSA) is 166 Å². The molecule has 13 nitrogen and oxygen atoms in total. The number of aromatic nitrogens is 3. The van der Waals surface area contributed by atoms with Gasteiger partial charge in [0, 0.05) is 10.1 Å². The molecule has 2 aliphatic heterocycles. The van der Waals surface area contributed by atoms with Crippen LogP contribution in [-0.4, -0.2) is 71.7 Å². The molecule has 2 saturated heterocycles. The Morgan fingerprint density at radius 1 is 1.14 bits per heavy atom. The maximum absolute atomic E-state index is 13.8. The minimum Gasteiger partial charge on any atom is -0.453 e. The molecule has 0 radical (unpaired) electrons. The summed E-state index contributed by atoms with van der Waals surface area (Å²) in [5.74, 6) is -1.08. The van der Waals surface area contributed by atoms with Crippen molar-refractivity contribution >= 4 is 48.3 Å². The van der Waals surface area contributed by atoms with E-state index in [0.29, 0.717) is 4.70 Å². The number of nitrogen functional groups attached to an aromatic ring is 1. The number of hydrogen-bond acceptors (Lipinski definition) is 12. The Kier molecular flexibility index (Phi) is 8.83. The summed E-state index contributed by atoms with van der Waals surface area (Å²) in [4.78, 5) is 47.8. The first kappa shape index (κ1) is 33.3. The maximum Gasteiger partial charge on any atom is 0.408 e. The summed E-state index contributed by atoms with van der Waals surface area (Å²) in [5.41, 5.74) is 5.37. The van der Waals surface area contributed by atoms with E-state index in [-0.39, 0.29) is 39.1 Å². The molecule has 4 heterocycles. The highest BCUT2D eigenvalue weighted by atomic mass is 32.1. The SMILES string of the molecule is CC(C)[C@H](NC(=O)OC(C)(C)C)C(=O)O[C@@H]1[C@H]2O[Si](C(C)(C)C)(C(C)(C)C)OC[C@H]2O[C@H]1n1c(=O)sc2cnc(N)nc21. The van der Waals surface area contributed by atoms with Crippen molar-refractivity contribution in [3.8, 4) is 0 Å². The van der Waals surface area contributed by atoms with E-state index in [9.17, 15) is 14.4 Å². The van der Waals surface area contributed by atoms with E-state index >= 15 is 0 Å². The Hall–Kier alpha value is -2.59. The number of thiazole rings is 1. The van der Waals surface area contributed by atoms with E-state index in [4.69, 9.17) is 28.8 Å². The molecule has 0 aromatic carbocycles. The third kappa shape index (κ3) is 6.46. The number of anilines is 1. The van der Waals surface area contributed by atoms with Crippen LogP contribution >= 0.6 is 11.3 Å². The van der Waals surface area contributed by atoms with E-state index in [1.54, 1.807) is 34.6 Å². The molecule has 2 aromatic rings. The van der Waals surface area contributed by atoms with Crippen LogP contribution in [0.25, 0.3) is 10.3 Å².